The van der Waals surface area contributed by atoms with E-state index in [-0.39, 0.29) is 24.4 Å². The predicted octanol–water partition coefficient (Wildman–Crippen LogP) is 3.35. The predicted molar refractivity (Wildman–Crippen MR) is 83.6 cm³/mol. The first kappa shape index (κ1) is 18.7. The minimum Gasteiger partial charge on any atom is -0.338 e. The van der Waals surface area contributed by atoms with Gasteiger partial charge in [-0.3, -0.25) is 4.79 Å². The Morgan fingerprint density at radius 3 is 2.58 bits per heavy atom. The van der Waals surface area contributed by atoms with Crippen molar-refractivity contribution in [2.24, 2.45) is 11.7 Å². The van der Waals surface area contributed by atoms with E-state index in [4.69, 9.17) is 5.73 Å². The third-order valence-corrected chi connectivity index (χ3v) is 3.82. The van der Waals surface area contributed by atoms with Gasteiger partial charge < -0.3 is 10.6 Å². The van der Waals surface area contributed by atoms with E-state index in [9.17, 15) is 4.79 Å². The number of carbonyl (C=O) groups is 1. The molecule has 1 saturated heterocycles. The zero-order chi connectivity index (χ0) is 13.5. The molecule has 1 rings (SSSR count). The van der Waals surface area contributed by atoms with Crippen LogP contribution in [0, 0.1) is 5.92 Å². The molecule has 1 aliphatic heterocycles. The van der Waals surface area contributed by atoms with Crippen LogP contribution in [0.4, 0.5) is 0 Å². The topological polar surface area (TPSA) is 46.3 Å². The van der Waals surface area contributed by atoms with Crippen molar-refractivity contribution in [1.82, 2.24) is 4.90 Å². The molecule has 2 N–H and O–H groups in total. The molecule has 0 saturated carbocycles. The van der Waals surface area contributed by atoms with Gasteiger partial charge >= 0.3 is 0 Å². The van der Waals surface area contributed by atoms with E-state index in [1.54, 1.807) is 0 Å². The number of halogens is 1. The van der Waals surface area contributed by atoms with E-state index in [1.165, 1.54) is 12.8 Å². The van der Waals surface area contributed by atoms with Crippen molar-refractivity contribution >= 4 is 18.3 Å². The summed E-state index contributed by atoms with van der Waals surface area (Å²) in [4.78, 5) is 14.5. The number of amides is 1. The first-order valence-corrected chi connectivity index (χ1v) is 7.62. The molecule has 0 bridgehead atoms. The van der Waals surface area contributed by atoms with Gasteiger partial charge in [-0.15, -0.1) is 12.4 Å². The van der Waals surface area contributed by atoms with E-state index < -0.39 is 0 Å². The monoisotopic (exact) mass is 290 g/mol. The van der Waals surface area contributed by atoms with E-state index in [0.29, 0.717) is 12.0 Å². The molecule has 0 aromatic carbocycles. The second-order valence-electron chi connectivity index (χ2n) is 6.06. The number of hydrogen-bond donors (Lipinski definition) is 1. The van der Waals surface area contributed by atoms with Crippen LogP contribution in [-0.4, -0.2) is 29.4 Å². The summed E-state index contributed by atoms with van der Waals surface area (Å²) >= 11 is 0. The average Bonchev–Trinajstić information content (AvgIpc) is 2.53. The van der Waals surface area contributed by atoms with Crippen molar-refractivity contribution < 1.29 is 4.79 Å². The largest absolute Gasteiger partial charge is 0.338 e. The molecule has 0 aliphatic carbocycles. The van der Waals surface area contributed by atoms with Gasteiger partial charge in [-0.2, -0.15) is 0 Å². The summed E-state index contributed by atoms with van der Waals surface area (Å²) in [5.74, 6) is 0.829. The zero-order valence-corrected chi connectivity index (χ0v) is 13.5. The number of nitrogens with zero attached hydrogens (tertiary/aromatic N) is 1. The van der Waals surface area contributed by atoms with Crippen molar-refractivity contribution in [3.05, 3.63) is 0 Å². The van der Waals surface area contributed by atoms with Crippen LogP contribution in [0.3, 0.4) is 0 Å². The van der Waals surface area contributed by atoms with Gasteiger partial charge in [0.2, 0.25) is 5.91 Å². The van der Waals surface area contributed by atoms with Gasteiger partial charge in [-0.1, -0.05) is 40.0 Å². The van der Waals surface area contributed by atoms with E-state index >= 15 is 0 Å². The second-order valence-corrected chi connectivity index (χ2v) is 6.06. The molecule has 1 heterocycles. The highest BCUT2D eigenvalue weighted by Gasteiger charge is 2.28. The average molecular weight is 291 g/mol. The van der Waals surface area contributed by atoms with Crippen molar-refractivity contribution in [2.75, 3.05) is 6.54 Å². The molecule has 0 aromatic heterocycles. The SMILES string of the molecule is CCCC(N)C(=O)N1CCCCCC1CC(C)C.Cl. The molecule has 1 fully saturated rings. The molecule has 4 heteroatoms. The maximum atomic E-state index is 12.4. The van der Waals surface area contributed by atoms with Crippen LogP contribution in [0.1, 0.15) is 65.7 Å². The number of carbonyl (C=O) groups excluding carboxylic acids is 1. The van der Waals surface area contributed by atoms with Crippen LogP contribution in [0.15, 0.2) is 0 Å². The molecular weight excluding hydrogens is 260 g/mol. The van der Waals surface area contributed by atoms with Crippen LogP contribution < -0.4 is 5.73 Å². The molecule has 2 unspecified atom stereocenters. The summed E-state index contributed by atoms with van der Waals surface area (Å²) in [7, 11) is 0. The van der Waals surface area contributed by atoms with Crippen LogP contribution in [0.25, 0.3) is 0 Å². The highest BCUT2D eigenvalue weighted by Crippen LogP contribution is 2.23. The van der Waals surface area contributed by atoms with Gasteiger partial charge in [0.05, 0.1) is 6.04 Å². The van der Waals surface area contributed by atoms with Crippen molar-refractivity contribution in [3.8, 4) is 0 Å². The summed E-state index contributed by atoms with van der Waals surface area (Å²) in [6.07, 6.45) is 7.71. The summed E-state index contributed by atoms with van der Waals surface area (Å²) in [6, 6.07) is 0.130. The van der Waals surface area contributed by atoms with Crippen LogP contribution in [0.5, 0.6) is 0 Å². The van der Waals surface area contributed by atoms with Crippen LogP contribution in [-0.2, 0) is 4.79 Å². The Bertz CT molecular complexity index is 259. The lowest BCUT2D eigenvalue weighted by atomic mass is 9.98. The Morgan fingerprint density at radius 2 is 2.00 bits per heavy atom. The molecule has 1 amide bonds. The fourth-order valence-electron chi connectivity index (χ4n) is 2.90. The molecule has 2 atom stereocenters. The van der Waals surface area contributed by atoms with Crippen molar-refractivity contribution in [1.29, 1.82) is 0 Å². The first-order chi connectivity index (χ1) is 8.56. The number of hydrogen-bond acceptors (Lipinski definition) is 2. The Hall–Kier alpha value is -0.280. The number of nitrogens with two attached hydrogens (primary N) is 1. The van der Waals surface area contributed by atoms with E-state index in [1.807, 2.05) is 0 Å². The Kier molecular flexibility index (Phi) is 9.46. The molecule has 0 spiro atoms. The fourth-order valence-corrected chi connectivity index (χ4v) is 2.90. The van der Waals surface area contributed by atoms with Gasteiger partial charge in [0, 0.05) is 12.6 Å². The molecule has 19 heavy (non-hydrogen) atoms. The smallest absolute Gasteiger partial charge is 0.239 e. The highest BCUT2D eigenvalue weighted by atomic mass is 35.5. The van der Waals surface area contributed by atoms with E-state index in [0.717, 1.165) is 38.6 Å². The molecule has 114 valence electrons. The second kappa shape index (κ2) is 9.60. The van der Waals surface area contributed by atoms with Gasteiger partial charge in [0.15, 0.2) is 0 Å². The first-order valence-electron chi connectivity index (χ1n) is 7.62. The lowest BCUT2D eigenvalue weighted by Crippen LogP contribution is -2.48. The number of rotatable bonds is 5. The van der Waals surface area contributed by atoms with Crippen molar-refractivity contribution in [2.45, 2.75) is 77.8 Å². The molecule has 1 aliphatic rings. The van der Waals surface area contributed by atoms with Crippen molar-refractivity contribution in [3.63, 3.8) is 0 Å². The van der Waals surface area contributed by atoms with Crippen LogP contribution in [0.2, 0.25) is 0 Å². The lowest BCUT2D eigenvalue weighted by molar-refractivity contribution is -0.135. The minimum absolute atomic E-state index is 0. The normalized spacial score (nSPS) is 21.7. The Balaban J connectivity index is 0.00000324. The third kappa shape index (κ3) is 6.13. The molecule has 0 radical (unpaired) electrons. The Morgan fingerprint density at radius 1 is 1.32 bits per heavy atom. The highest BCUT2D eigenvalue weighted by molar-refractivity contribution is 5.85. The Labute approximate surface area is 124 Å². The summed E-state index contributed by atoms with van der Waals surface area (Å²) < 4.78 is 0. The van der Waals surface area contributed by atoms with Gasteiger partial charge in [0.25, 0.3) is 0 Å². The summed E-state index contributed by atoms with van der Waals surface area (Å²) in [5.41, 5.74) is 6.01. The third-order valence-electron chi connectivity index (χ3n) is 3.82. The minimum atomic E-state index is -0.289. The van der Waals surface area contributed by atoms with E-state index in [2.05, 4.69) is 25.7 Å². The maximum absolute atomic E-state index is 12.4. The lowest BCUT2D eigenvalue weighted by Gasteiger charge is -2.33. The molecular formula is C15H31ClN2O. The zero-order valence-electron chi connectivity index (χ0n) is 12.7. The summed E-state index contributed by atoms with van der Waals surface area (Å²) in [5, 5.41) is 0. The molecule has 0 aromatic rings. The summed E-state index contributed by atoms with van der Waals surface area (Å²) in [6.45, 7) is 7.47. The number of likely N-dealkylation sites (tertiary alicyclic amines) is 1. The maximum Gasteiger partial charge on any atom is 0.239 e. The van der Waals surface area contributed by atoms with Gasteiger partial charge in [-0.25, -0.2) is 0 Å². The van der Waals surface area contributed by atoms with Gasteiger partial charge in [-0.05, 0) is 31.6 Å². The van der Waals surface area contributed by atoms with Gasteiger partial charge in [0.1, 0.15) is 0 Å². The van der Waals surface area contributed by atoms with Crippen LogP contribution >= 0.6 is 12.4 Å². The fraction of sp³-hybridized carbons (Fsp3) is 0.933. The quantitative estimate of drug-likeness (QED) is 0.844. The standard InChI is InChI=1S/C15H30N2O.ClH/c1-4-8-14(16)15(18)17-10-7-5-6-9-13(17)11-12(2)3;/h12-14H,4-11,16H2,1-3H3;1H. The molecule has 3 nitrogen and oxygen atoms in total.